The molecule has 0 N–H and O–H groups in total. The quantitative estimate of drug-likeness (QED) is 0.633. The number of benzene rings is 1. The van der Waals surface area contributed by atoms with Crippen molar-refractivity contribution in [1.29, 1.82) is 0 Å². The summed E-state index contributed by atoms with van der Waals surface area (Å²) in [5.41, 5.74) is 3.25. The van der Waals surface area contributed by atoms with E-state index in [2.05, 4.69) is 30.9 Å². The van der Waals surface area contributed by atoms with Gasteiger partial charge in [-0.25, -0.2) is 0 Å². The largest absolute Gasteiger partial charge is 0.425 e. The summed E-state index contributed by atoms with van der Waals surface area (Å²) in [6.45, 7) is 9.55. The molecule has 4 heteroatoms. The van der Waals surface area contributed by atoms with Crippen molar-refractivity contribution in [3.05, 3.63) is 28.8 Å². The van der Waals surface area contributed by atoms with Crippen molar-refractivity contribution in [3.8, 4) is 5.75 Å². The van der Waals surface area contributed by atoms with E-state index in [9.17, 15) is 4.79 Å². The summed E-state index contributed by atoms with van der Waals surface area (Å²) >= 11 is 1.95. The van der Waals surface area contributed by atoms with Gasteiger partial charge in [0.25, 0.3) is 0 Å². The van der Waals surface area contributed by atoms with Gasteiger partial charge in [-0.2, -0.15) is 11.8 Å². The molecule has 1 saturated heterocycles. The molecule has 0 saturated carbocycles. The van der Waals surface area contributed by atoms with Crippen LogP contribution in [-0.4, -0.2) is 41.5 Å². The molecule has 1 heterocycles. The van der Waals surface area contributed by atoms with Gasteiger partial charge in [0.1, 0.15) is 5.75 Å². The van der Waals surface area contributed by atoms with Crippen molar-refractivity contribution in [2.75, 3.05) is 24.6 Å². The summed E-state index contributed by atoms with van der Waals surface area (Å²) in [5.74, 6) is 2.76. The highest BCUT2D eigenvalue weighted by atomic mass is 32.2. The van der Waals surface area contributed by atoms with Crippen molar-refractivity contribution in [2.45, 2.75) is 33.7 Å². The Kier molecular flexibility index (Phi) is 5.11. The van der Waals surface area contributed by atoms with Gasteiger partial charge in [0.05, 0.1) is 6.54 Å². The fourth-order valence-electron chi connectivity index (χ4n) is 2.64. The van der Waals surface area contributed by atoms with Gasteiger partial charge >= 0.3 is 5.97 Å². The molecule has 2 rings (SSSR count). The Morgan fingerprint density at radius 1 is 1.35 bits per heavy atom. The lowest BCUT2D eigenvalue weighted by Crippen LogP contribution is -2.44. The molecule has 3 nitrogen and oxygen atoms in total. The molecule has 0 aliphatic carbocycles. The second-order valence-corrected chi connectivity index (χ2v) is 6.75. The molecule has 0 spiro atoms. The molecule has 1 aliphatic heterocycles. The average molecular weight is 293 g/mol. The molecule has 20 heavy (non-hydrogen) atoms. The summed E-state index contributed by atoms with van der Waals surface area (Å²) < 4.78 is 5.59. The minimum absolute atomic E-state index is 0.154. The highest BCUT2D eigenvalue weighted by molar-refractivity contribution is 7.99. The first-order valence-corrected chi connectivity index (χ1v) is 8.23. The monoisotopic (exact) mass is 293 g/mol. The lowest BCUT2D eigenvalue weighted by molar-refractivity contribution is -0.136. The van der Waals surface area contributed by atoms with E-state index in [1.165, 1.54) is 5.56 Å². The number of carbonyl (C=O) groups excluding carboxylic acids is 1. The van der Waals surface area contributed by atoms with Crippen molar-refractivity contribution < 1.29 is 9.53 Å². The number of esters is 1. The van der Waals surface area contributed by atoms with Crippen LogP contribution in [0.3, 0.4) is 0 Å². The number of ether oxygens (including phenoxy) is 1. The Balaban J connectivity index is 2.01. The van der Waals surface area contributed by atoms with E-state index in [-0.39, 0.29) is 5.97 Å². The molecule has 0 aromatic heterocycles. The third kappa shape index (κ3) is 3.76. The summed E-state index contributed by atoms with van der Waals surface area (Å²) in [6, 6.07) is 4.55. The fourth-order valence-corrected chi connectivity index (χ4v) is 3.72. The van der Waals surface area contributed by atoms with Crippen LogP contribution in [0.25, 0.3) is 0 Å². The predicted molar refractivity (Wildman–Crippen MR) is 84.6 cm³/mol. The van der Waals surface area contributed by atoms with Crippen LogP contribution in [0.4, 0.5) is 0 Å². The van der Waals surface area contributed by atoms with Gasteiger partial charge in [-0.15, -0.1) is 0 Å². The van der Waals surface area contributed by atoms with Crippen LogP contribution in [0.5, 0.6) is 5.75 Å². The zero-order chi connectivity index (χ0) is 14.7. The van der Waals surface area contributed by atoms with Gasteiger partial charge in [0.2, 0.25) is 0 Å². The predicted octanol–water partition coefficient (Wildman–Crippen LogP) is 2.95. The smallest absolute Gasteiger partial charge is 0.325 e. The van der Waals surface area contributed by atoms with E-state index in [0.29, 0.717) is 12.6 Å². The van der Waals surface area contributed by atoms with E-state index < -0.39 is 0 Å². The third-order valence-electron chi connectivity index (χ3n) is 3.66. The first-order chi connectivity index (χ1) is 9.47. The molecular formula is C16H23NO2S. The number of aryl methyl sites for hydroxylation is 3. The normalized spacial score (nSPS) is 19.9. The van der Waals surface area contributed by atoms with Gasteiger partial charge in [0.15, 0.2) is 0 Å². The SMILES string of the molecule is Cc1cc(C)c(OC(=O)CN2CCSCC2C)c(C)c1. The molecule has 1 atom stereocenters. The summed E-state index contributed by atoms with van der Waals surface area (Å²) in [7, 11) is 0. The third-order valence-corrected chi connectivity index (χ3v) is 4.85. The van der Waals surface area contributed by atoms with Gasteiger partial charge in [-0.05, 0) is 38.8 Å². The maximum absolute atomic E-state index is 12.1. The van der Waals surface area contributed by atoms with E-state index in [1.54, 1.807) is 0 Å². The molecule has 1 aromatic carbocycles. The van der Waals surface area contributed by atoms with Crippen LogP contribution in [0.1, 0.15) is 23.6 Å². The molecule has 0 radical (unpaired) electrons. The molecule has 1 unspecified atom stereocenters. The maximum Gasteiger partial charge on any atom is 0.325 e. The zero-order valence-electron chi connectivity index (χ0n) is 12.7. The summed E-state index contributed by atoms with van der Waals surface area (Å²) in [4.78, 5) is 14.4. The second kappa shape index (κ2) is 6.64. The molecule has 1 aliphatic rings. The van der Waals surface area contributed by atoms with E-state index in [0.717, 1.165) is 34.9 Å². The lowest BCUT2D eigenvalue weighted by Gasteiger charge is -2.31. The van der Waals surface area contributed by atoms with Crippen molar-refractivity contribution >= 4 is 17.7 Å². The number of hydrogen-bond acceptors (Lipinski definition) is 4. The summed E-state index contributed by atoms with van der Waals surface area (Å²) in [5, 5.41) is 0. The highest BCUT2D eigenvalue weighted by Gasteiger charge is 2.22. The number of hydrogen-bond donors (Lipinski definition) is 0. The van der Waals surface area contributed by atoms with E-state index >= 15 is 0 Å². The van der Waals surface area contributed by atoms with Crippen molar-refractivity contribution in [2.24, 2.45) is 0 Å². The fraction of sp³-hybridized carbons (Fsp3) is 0.562. The Hall–Kier alpha value is -1.00. The van der Waals surface area contributed by atoms with Crippen LogP contribution >= 0.6 is 11.8 Å². The Bertz CT molecular complexity index is 478. The van der Waals surface area contributed by atoms with Crippen LogP contribution in [0.2, 0.25) is 0 Å². The van der Waals surface area contributed by atoms with Crippen molar-refractivity contribution in [3.63, 3.8) is 0 Å². The Morgan fingerprint density at radius 3 is 2.60 bits per heavy atom. The molecular weight excluding hydrogens is 270 g/mol. The highest BCUT2D eigenvalue weighted by Crippen LogP contribution is 2.25. The Labute approximate surface area is 125 Å². The van der Waals surface area contributed by atoms with Crippen molar-refractivity contribution in [1.82, 2.24) is 4.90 Å². The second-order valence-electron chi connectivity index (χ2n) is 5.60. The molecule has 1 fully saturated rings. The van der Waals surface area contributed by atoms with Gasteiger partial charge in [-0.3, -0.25) is 9.69 Å². The number of carbonyl (C=O) groups is 1. The van der Waals surface area contributed by atoms with E-state index in [1.807, 2.05) is 25.6 Å². The molecule has 0 amide bonds. The standard InChI is InChI=1S/C16H23NO2S/c1-11-7-12(2)16(13(3)8-11)19-15(18)9-17-5-6-20-10-14(17)4/h7-8,14H,5-6,9-10H2,1-4H3. The number of nitrogens with zero attached hydrogens (tertiary/aromatic N) is 1. The van der Waals surface area contributed by atoms with Crippen LogP contribution in [-0.2, 0) is 4.79 Å². The van der Waals surface area contributed by atoms with Crippen LogP contribution in [0.15, 0.2) is 12.1 Å². The average Bonchev–Trinajstić information content (AvgIpc) is 2.36. The minimum Gasteiger partial charge on any atom is -0.425 e. The summed E-state index contributed by atoms with van der Waals surface area (Å²) in [6.07, 6.45) is 0. The van der Waals surface area contributed by atoms with Gasteiger partial charge in [-0.1, -0.05) is 17.7 Å². The lowest BCUT2D eigenvalue weighted by atomic mass is 10.1. The topological polar surface area (TPSA) is 29.5 Å². The van der Waals surface area contributed by atoms with Gasteiger partial charge < -0.3 is 4.74 Å². The zero-order valence-corrected chi connectivity index (χ0v) is 13.5. The number of rotatable bonds is 3. The molecule has 110 valence electrons. The Morgan fingerprint density at radius 2 is 2.00 bits per heavy atom. The first kappa shape index (κ1) is 15.4. The number of thioether (sulfide) groups is 1. The van der Waals surface area contributed by atoms with E-state index in [4.69, 9.17) is 4.74 Å². The molecule has 0 bridgehead atoms. The minimum atomic E-state index is -0.154. The van der Waals surface area contributed by atoms with Gasteiger partial charge in [0, 0.05) is 24.1 Å². The van der Waals surface area contributed by atoms with Crippen LogP contribution in [0, 0.1) is 20.8 Å². The maximum atomic E-state index is 12.1. The first-order valence-electron chi connectivity index (χ1n) is 7.07. The molecule has 1 aromatic rings. The van der Waals surface area contributed by atoms with Crippen LogP contribution < -0.4 is 4.74 Å².